The van der Waals surface area contributed by atoms with Gasteiger partial charge in [-0.3, -0.25) is 0 Å². The Labute approximate surface area is 121 Å². The lowest BCUT2D eigenvalue weighted by Gasteiger charge is -2.14. The summed E-state index contributed by atoms with van der Waals surface area (Å²) in [5.41, 5.74) is 4.97. The Balaban J connectivity index is 2.02. The highest BCUT2D eigenvalue weighted by Crippen LogP contribution is 2.46. The van der Waals surface area contributed by atoms with Crippen molar-refractivity contribution in [3.05, 3.63) is 65.0 Å². The highest BCUT2D eigenvalue weighted by molar-refractivity contribution is 5.77. The molecule has 0 bridgehead atoms. The summed E-state index contributed by atoms with van der Waals surface area (Å²) in [6.45, 7) is 4.37. The lowest BCUT2D eigenvalue weighted by Crippen LogP contribution is -1.97. The van der Waals surface area contributed by atoms with Crippen LogP contribution >= 0.6 is 0 Å². The molecule has 0 aromatic heterocycles. The van der Waals surface area contributed by atoms with Gasteiger partial charge < -0.3 is 5.11 Å². The number of allylic oxidation sites excluding steroid dienone is 5. The average molecular weight is 266 g/mol. The molecule has 0 amide bonds. The zero-order valence-electron chi connectivity index (χ0n) is 12.3. The summed E-state index contributed by atoms with van der Waals surface area (Å²) in [6, 6.07) is 10.4. The van der Waals surface area contributed by atoms with Crippen LogP contribution in [0.1, 0.15) is 38.7 Å². The number of aliphatic hydroxyl groups excluding tert-OH is 1. The number of rotatable bonds is 2. The minimum Gasteiger partial charge on any atom is -0.508 e. The van der Waals surface area contributed by atoms with Gasteiger partial charge in [-0.25, -0.2) is 0 Å². The van der Waals surface area contributed by atoms with Crippen LogP contribution in [0.5, 0.6) is 0 Å². The van der Waals surface area contributed by atoms with E-state index in [1.165, 1.54) is 12.0 Å². The first kappa shape index (κ1) is 13.2. The van der Waals surface area contributed by atoms with Gasteiger partial charge in [0.2, 0.25) is 0 Å². The molecule has 0 spiro atoms. The molecule has 1 heteroatoms. The van der Waals surface area contributed by atoms with Gasteiger partial charge in [-0.05, 0) is 60.8 Å². The van der Waals surface area contributed by atoms with Crippen molar-refractivity contribution in [1.29, 1.82) is 0 Å². The van der Waals surface area contributed by atoms with E-state index in [4.69, 9.17) is 0 Å². The van der Waals surface area contributed by atoms with Gasteiger partial charge in [0.25, 0.3) is 0 Å². The minimum atomic E-state index is 0.433. The SMILES string of the molecule is C\C1=C(O)/C=C(c2ccccc2)\C=C(\C2CC2C)CC1. The van der Waals surface area contributed by atoms with Crippen molar-refractivity contribution in [2.45, 2.75) is 33.1 Å². The first-order valence-corrected chi connectivity index (χ1v) is 7.51. The molecule has 0 radical (unpaired) electrons. The number of benzene rings is 1. The van der Waals surface area contributed by atoms with Crippen molar-refractivity contribution in [1.82, 2.24) is 0 Å². The standard InChI is InChI=1S/C19H22O/c1-13-8-9-16(18-10-14(18)2)11-17(12-19(13)20)15-6-4-3-5-7-15/h3-7,11-12,14,18,20H,8-10H2,1-2H3/b16-11+,17-12+,19-13-. The molecular formula is C19H22O. The maximum Gasteiger partial charge on any atom is 0.115 e. The summed E-state index contributed by atoms with van der Waals surface area (Å²) in [5.74, 6) is 2.02. The molecule has 1 aromatic carbocycles. The van der Waals surface area contributed by atoms with Gasteiger partial charge in [0.1, 0.15) is 5.76 Å². The van der Waals surface area contributed by atoms with E-state index in [9.17, 15) is 5.11 Å². The molecule has 1 N–H and O–H groups in total. The summed E-state index contributed by atoms with van der Waals surface area (Å²) in [6.07, 6.45) is 7.61. The largest absolute Gasteiger partial charge is 0.508 e. The summed E-state index contributed by atoms with van der Waals surface area (Å²) < 4.78 is 0. The lowest BCUT2D eigenvalue weighted by molar-refractivity contribution is 0.422. The third-order valence-corrected chi connectivity index (χ3v) is 4.55. The number of hydrogen-bond donors (Lipinski definition) is 1. The fraction of sp³-hybridized carbons (Fsp3) is 0.368. The van der Waals surface area contributed by atoms with Crippen molar-refractivity contribution >= 4 is 5.57 Å². The molecule has 2 atom stereocenters. The molecule has 1 aromatic rings. The van der Waals surface area contributed by atoms with Crippen LogP contribution in [0.15, 0.2) is 59.4 Å². The Bertz CT molecular complexity index is 589. The van der Waals surface area contributed by atoms with E-state index in [-0.39, 0.29) is 0 Å². The van der Waals surface area contributed by atoms with E-state index in [0.717, 1.165) is 35.8 Å². The van der Waals surface area contributed by atoms with Crippen LogP contribution in [0.25, 0.3) is 5.57 Å². The second-order valence-corrected chi connectivity index (χ2v) is 6.17. The maximum atomic E-state index is 10.2. The van der Waals surface area contributed by atoms with Gasteiger partial charge >= 0.3 is 0 Å². The zero-order chi connectivity index (χ0) is 14.1. The molecule has 104 valence electrons. The van der Waals surface area contributed by atoms with E-state index in [2.05, 4.69) is 37.3 Å². The van der Waals surface area contributed by atoms with E-state index in [1.807, 2.05) is 19.1 Å². The maximum absolute atomic E-state index is 10.2. The summed E-state index contributed by atoms with van der Waals surface area (Å²) in [7, 11) is 0. The fourth-order valence-corrected chi connectivity index (χ4v) is 2.97. The summed E-state index contributed by atoms with van der Waals surface area (Å²) >= 11 is 0. The first-order valence-electron chi connectivity index (χ1n) is 7.51. The van der Waals surface area contributed by atoms with Crippen molar-refractivity contribution in [2.75, 3.05) is 0 Å². The fourth-order valence-electron chi connectivity index (χ4n) is 2.97. The molecule has 0 saturated heterocycles. The number of aliphatic hydroxyl groups is 1. The Morgan fingerprint density at radius 1 is 1.05 bits per heavy atom. The molecule has 3 rings (SSSR count). The van der Waals surface area contributed by atoms with Gasteiger partial charge in [-0.1, -0.05) is 48.9 Å². The molecule has 2 aliphatic rings. The summed E-state index contributed by atoms with van der Waals surface area (Å²) in [5, 5.41) is 10.2. The van der Waals surface area contributed by atoms with E-state index < -0.39 is 0 Å². The van der Waals surface area contributed by atoms with Gasteiger partial charge in [-0.2, -0.15) is 0 Å². The van der Waals surface area contributed by atoms with Gasteiger partial charge in [0.15, 0.2) is 0 Å². The molecular weight excluding hydrogens is 244 g/mol. The normalized spacial score (nSPS) is 35.3. The van der Waals surface area contributed by atoms with Crippen LogP contribution in [0.4, 0.5) is 0 Å². The van der Waals surface area contributed by atoms with Crippen molar-refractivity contribution < 1.29 is 5.11 Å². The predicted molar refractivity (Wildman–Crippen MR) is 84.3 cm³/mol. The Morgan fingerprint density at radius 2 is 1.75 bits per heavy atom. The average Bonchev–Trinajstić information content (AvgIpc) is 3.17. The van der Waals surface area contributed by atoms with E-state index in [0.29, 0.717) is 5.76 Å². The van der Waals surface area contributed by atoms with Crippen LogP contribution in [0.3, 0.4) is 0 Å². The highest BCUT2D eigenvalue weighted by atomic mass is 16.3. The van der Waals surface area contributed by atoms with Crippen molar-refractivity contribution in [3.8, 4) is 0 Å². The third kappa shape index (κ3) is 2.72. The molecule has 1 saturated carbocycles. The molecule has 20 heavy (non-hydrogen) atoms. The number of hydrogen-bond acceptors (Lipinski definition) is 1. The van der Waals surface area contributed by atoms with Crippen molar-refractivity contribution in [3.63, 3.8) is 0 Å². The molecule has 2 unspecified atom stereocenters. The lowest BCUT2D eigenvalue weighted by atomic mass is 9.92. The topological polar surface area (TPSA) is 20.2 Å². The van der Waals surface area contributed by atoms with E-state index >= 15 is 0 Å². The van der Waals surface area contributed by atoms with Crippen LogP contribution in [0, 0.1) is 11.8 Å². The monoisotopic (exact) mass is 266 g/mol. The van der Waals surface area contributed by atoms with Crippen LogP contribution < -0.4 is 0 Å². The van der Waals surface area contributed by atoms with Crippen LogP contribution in [-0.2, 0) is 0 Å². The van der Waals surface area contributed by atoms with Crippen LogP contribution in [-0.4, -0.2) is 5.11 Å². The summed E-state index contributed by atoms with van der Waals surface area (Å²) in [4.78, 5) is 0. The van der Waals surface area contributed by atoms with Gasteiger partial charge in [0.05, 0.1) is 0 Å². The molecule has 0 heterocycles. The second kappa shape index (κ2) is 5.32. The van der Waals surface area contributed by atoms with Gasteiger partial charge in [0, 0.05) is 0 Å². The third-order valence-electron chi connectivity index (χ3n) is 4.55. The highest BCUT2D eigenvalue weighted by Gasteiger charge is 2.35. The Morgan fingerprint density at radius 3 is 2.40 bits per heavy atom. The van der Waals surface area contributed by atoms with Crippen LogP contribution in [0.2, 0.25) is 0 Å². The minimum absolute atomic E-state index is 0.433. The first-order chi connectivity index (χ1) is 9.65. The van der Waals surface area contributed by atoms with Gasteiger partial charge in [-0.15, -0.1) is 0 Å². The van der Waals surface area contributed by atoms with E-state index in [1.54, 1.807) is 5.57 Å². The molecule has 1 fully saturated rings. The predicted octanol–water partition coefficient (Wildman–Crippen LogP) is 5.28. The molecule has 2 aliphatic carbocycles. The Kier molecular flexibility index (Phi) is 3.52. The molecule has 1 nitrogen and oxygen atoms in total. The second-order valence-electron chi connectivity index (χ2n) is 6.17. The molecule has 0 aliphatic heterocycles. The van der Waals surface area contributed by atoms with Crippen molar-refractivity contribution in [2.24, 2.45) is 11.8 Å². The quantitative estimate of drug-likeness (QED) is 0.772. The Hall–Kier alpha value is -1.76. The smallest absolute Gasteiger partial charge is 0.115 e. The zero-order valence-corrected chi connectivity index (χ0v) is 12.3.